The second-order valence-corrected chi connectivity index (χ2v) is 4.38. The van der Waals surface area contributed by atoms with E-state index in [4.69, 9.17) is 4.74 Å². The molecule has 17 heavy (non-hydrogen) atoms. The van der Waals surface area contributed by atoms with Crippen LogP contribution in [0.5, 0.6) is 5.75 Å². The highest BCUT2D eigenvalue weighted by Crippen LogP contribution is 2.29. The molecule has 1 aromatic carbocycles. The van der Waals surface area contributed by atoms with Crippen LogP contribution in [0.2, 0.25) is 0 Å². The maximum absolute atomic E-state index is 5.74. The van der Waals surface area contributed by atoms with Gasteiger partial charge >= 0.3 is 0 Å². The van der Waals surface area contributed by atoms with Crippen LogP contribution in [0, 0.1) is 0 Å². The van der Waals surface area contributed by atoms with Crippen molar-refractivity contribution in [2.45, 2.75) is 19.4 Å². The largest absolute Gasteiger partial charge is 0.487 e. The second kappa shape index (κ2) is 5.73. The predicted octanol–water partition coefficient (Wildman–Crippen LogP) is 2.20. The molecule has 0 bridgehead atoms. The van der Waals surface area contributed by atoms with E-state index in [1.54, 1.807) is 0 Å². The molecule has 1 unspecified atom stereocenters. The van der Waals surface area contributed by atoms with Gasteiger partial charge in [0, 0.05) is 6.54 Å². The third-order valence-electron chi connectivity index (χ3n) is 2.83. The normalized spacial score (nSPS) is 17.8. The third-order valence-corrected chi connectivity index (χ3v) is 2.83. The molecule has 1 atom stereocenters. The predicted molar refractivity (Wildman–Crippen MR) is 71.8 cm³/mol. The molecule has 3 nitrogen and oxygen atoms in total. The Morgan fingerprint density at radius 1 is 1.59 bits per heavy atom. The Morgan fingerprint density at radius 2 is 2.47 bits per heavy atom. The van der Waals surface area contributed by atoms with Gasteiger partial charge in [-0.05, 0) is 37.6 Å². The van der Waals surface area contributed by atoms with Gasteiger partial charge < -0.3 is 15.4 Å². The van der Waals surface area contributed by atoms with Crippen LogP contribution >= 0.6 is 0 Å². The van der Waals surface area contributed by atoms with E-state index >= 15 is 0 Å². The van der Waals surface area contributed by atoms with Gasteiger partial charge in [0.05, 0.1) is 12.2 Å². The summed E-state index contributed by atoms with van der Waals surface area (Å²) in [6.07, 6.45) is 3.16. The van der Waals surface area contributed by atoms with Gasteiger partial charge in [-0.3, -0.25) is 0 Å². The van der Waals surface area contributed by atoms with Crippen LogP contribution in [0.25, 0.3) is 0 Å². The average Bonchev–Trinajstić information content (AvgIpc) is 2.35. The fourth-order valence-corrected chi connectivity index (χ4v) is 1.92. The molecule has 0 saturated heterocycles. The summed E-state index contributed by atoms with van der Waals surface area (Å²) >= 11 is 0. The first kappa shape index (κ1) is 12.0. The molecule has 0 saturated carbocycles. The number of anilines is 1. The zero-order valence-corrected chi connectivity index (χ0v) is 10.3. The van der Waals surface area contributed by atoms with Gasteiger partial charge in [-0.2, -0.15) is 0 Å². The molecule has 0 amide bonds. The number of fused-ring (bicyclic) bond motifs is 1. The van der Waals surface area contributed by atoms with Crippen molar-refractivity contribution in [1.29, 1.82) is 0 Å². The number of hydrogen-bond donors (Lipinski definition) is 2. The molecule has 0 radical (unpaired) electrons. The summed E-state index contributed by atoms with van der Waals surface area (Å²) in [7, 11) is 0. The van der Waals surface area contributed by atoms with Crippen LogP contribution < -0.4 is 15.4 Å². The minimum absolute atomic E-state index is 0.252. The van der Waals surface area contributed by atoms with Gasteiger partial charge in [-0.25, -0.2) is 0 Å². The van der Waals surface area contributed by atoms with Crippen LogP contribution in [-0.4, -0.2) is 25.7 Å². The minimum atomic E-state index is 0.252. The lowest BCUT2D eigenvalue weighted by Gasteiger charge is -2.25. The first-order valence-electron chi connectivity index (χ1n) is 6.14. The molecule has 0 fully saturated rings. The van der Waals surface area contributed by atoms with Crippen LogP contribution in [0.15, 0.2) is 30.9 Å². The van der Waals surface area contributed by atoms with Crippen molar-refractivity contribution in [1.82, 2.24) is 5.32 Å². The zero-order chi connectivity index (χ0) is 12.1. The van der Waals surface area contributed by atoms with E-state index in [1.807, 2.05) is 6.08 Å². The molecule has 2 rings (SSSR count). The van der Waals surface area contributed by atoms with Gasteiger partial charge in [0.25, 0.3) is 0 Å². The van der Waals surface area contributed by atoms with E-state index in [-0.39, 0.29) is 6.10 Å². The van der Waals surface area contributed by atoms with E-state index in [9.17, 15) is 0 Å². The Morgan fingerprint density at radius 3 is 3.29 bits per heavy atom. The molecule has 0 aromatic heterocycles. The van der Waals surface area contributed by atoms with Crippen molar-refractivity contribution in [2.75, 3.05) is 25.0 Å². The lowest BCUT2D eigenvalue weighted by atomic mass is 10.1. The van der Waals surface area contributed by atoms with E-state index in [0.717, 1.165) is 37.5 Å². The number of benzene rings is 1. The molecular weight excluding hydrogens is 212 g/mol. The molecule has 2 N–H and O–H groups in total. The summed E-state index contributed by atoms with van der Waals surface area (Å²) in [6.45, 7) is 8.47. The van der Waals surface area contributed by atoms with E-state index < -0.39 is 0 Å². The smallest absolute Gasteiger partial charge is 0.142 e. The summed E-state index contributed by atoms with van der Waals surface area (Å²) in [4.78, 5) is 0. The first-order valence-corrected chi connectivity index (χ1v) is 6.14. The maximum Gasteiger partial charge on any atom is 0.142 e. The van der Waals surface area contributed by atoms with Gasteiger partial charge in [0.1, 0.15) is 11.9 Å². The summed E-state index contributed by atoms with van der Waals surface area (Å²) < 4.78 is 5.74. The Hall–Kier alpha value is -1.48. The fraction of sp³-hybridized carbons (Fsp3) is 0.429. The van der Waals surface area contributed by atoms with E-state index in [2.05, 4.69) is 42.3 Å². The summed E-state index contributed by atoms with van der Waals surface area (Å²) in [5.74, 6) is 0.964. The van der Waals surface area contributed by atoms with Gasteiger partial charge in [0.15, 0.2) is 0 Å². The first-order chi connectivity index (χ1) is 8.29. The molecule has 1 aromatic rings. The van der Waals surface area contributed by atoms with Gasteiger partial charge in [-0.15, -0.1) is 6.58 Å². The molecule has 0 aliphatic carbocycles. The van der Waals surface area contributed by atoms with Crippen molar-refractivity contribution in [2.24, 2.45) is 0 Å². The fourth-order valence-electron chi connectivity index (χ4n) is 1.92. The van der Waals surface area contributed by atoms with E-state index in [0.29, 0.717) is 0 Å². The summed E-state index contributed by atoms with van der Waals surface area (Å²) in [5, 5.41) is 6.69. The zero-order valence-electron chi connectivity index (χ0n) is 10.3. The molecule has 92 valence electrons. The molecule has 3 heteroatoms. The molecule has 1 heterocycles. The van der Waals surface area contributed by atoms with Crippen molar-refractivity contribution in [3.63, 3.8) is 0 Å². The lowest BCUT2D eigenvalue weighted by Crippen LogP contribution is -2.27. The molecule has 1 aliphatic rings. The summed E-state index contributed by atoms with van der Waals surface area (Å²) in [6, 6.07) is 6.37. The van der Waals surface area contributed by atoms with Crippen LogP contribution in [0.4, 0.5) is 5.69 Å². The molecule has 1 aliphatic heterocycles. The van der Waals surface area contributed by atoms with Crippen molar-refractivity contribution in [3.05, 3.63) is 36.4 Å². The quantitative estimate of drug-likeness (QED) is 0.603. The topological polar surface area (TPSA) is 33.3 Å². The Kier molecular flexibility index (Phi) is 4.04. The van der Waals surface area contributed by atoms with Crippen LogP contribution in [0.1, 0.15) is 12.5 Å². The number of ether oxygens (including phenoxy) is 1. The van der Waals surface area contributed by atoms with Crippen LogP contribution in [-0.2, 0) is 6.42 Å². The van der Waals surface area contributed by atoms with E-state index in [1.165, 1.54) is 5.56 Å². The van der Waals surface area contributed by atoms with Crippen molar-refractivity contribution < 1.29 is 4.74 Å². The van der Waals surface area contributed by atoms with Crippen LogP contribution in [0.3, 0.4) is 0 Å². The minimum Gasteiger partial charge on any atom is -0.487 e. The highest BCUT2D eigenvalue weighted by Gasteiger charge is 2.14. The highest BCUT2D eigenvalue weighted by molar-refractivity contribution is 5.59. The Labute approximate surface area is 103 Å². The SMILES string of the molecule is C=CCNCCc1ccc2c(c1)NCC(C)O2. The lowest BCUT2D eigenvalue weighted by molar-refractivity contribution is 0.226. The Balaban J connectivity index is 1.94. The highest BCUT2D eigenvalue weighted by atomic mass is 16.5. The number of rotatable bonds is 5. The maximum atomic E-state index is 5.74. The van der Waals surface area contributed by atoms with Gasteiger partial charge in [0.2, 0.25) is 0 Å². The summed E-state index contributed by atoms with van der Waals surface area (Å²) in [5.41, 5.74) is 2.44. The third kappa shape index (κ3) is 3.24. The number of hydrogen-bond acceptors (Lipinski definition) is 3. The Bertz CT molecular complexity index is 390. The standard InChI is InChI=1S/C14H20N2O/c1-3-7-15-8-6-12-4-5-14-13(9-12)16-10-11(2)17-14/h3-5,9,11,15-16H,1,6-8,10H2,2H3. The monoisotopic (exact) mass is 232 g/mol. The van der Waals surface area contributed by atoms with Crippen molar-refractivity contribution >= 4 is 5.69 Å². The average molecular weight is 232 g/mol. The van der Waals surface area contributed by atoms with Gasteiger partial charge in [-0.1, -0.05) is 12.1 Å². The molecule has 0 spiro atoms. The molecular formula is C14H20N2O. The number of nitrogens with one attached hydrogen (secondary N) is 2. The van der Waals surface area contributed by atoms with Crippen molar-refractivity contribution in [3.8, 4) is 5.75 Å². The second-order valence-electron chi connectivity index (χ2n) is 4.38.